The van der Waals surface area contributed by atoms with E-state index in [1.165, 1.54) is 19.3 Å². The first-order valence-electron chi connectivity index (χ1n) is 5.51. The van der Waals surface area contributed by atoms with Crippen molar-refractivity contribution >= 4 is 5.71 Å². The van der Waals surface area contributed by atoms with E-state index < -0.39 is 0 Å². The lowest BCUT2D eigenvalue weighted by molar-refractivity contribution is 0.0379. The normalized spacial score (nSPS) is 23.5. The van der Waals surface area contributed by atoms with Gasteiger partial charge in [-0.1, -0.05) is 19.8 Å². The first kappa shape index (κ1) is 10.7. The lowest BCUT2D eigenvalue weighted by atomic mass is 9.96. The van der Waals surface area contributed by atoms with E-state index in [2.05, 4.69) is 6.92 Å². The Morgan fingerprint density at radius 3 is 2.62 bits per heavy atom. The van der Waals surface area contributed by atoms with Crippen LogP contribution < -0.4 is 0 Å². The summed E-state index contributed by atoms with van der Waals surface area (Å²) in [6.45, 7) is 3.13. The molecule has 13 heavy (non-hydrogen) atoms. The fourth-order valence-corrected chi connectivity index (χ4v) is 1.71. The Kier molecular flexibility index (Phi) is 5.06. The van der Waals surface area contributed by atoms with Crippen LogP contribution in [0.4, 0.5) is 0 Å². The molecule has 2 heteroatoms. The molecule has 1 fully saturated rings. The van der Waals surface area contributed by atoms with Gasteiger partial charge in [-0.2, -0.15) is 0 Å². The van der Waals surface area contributed by atoms with Gasteiger partial charge in [-0.05, 0) is 32.1 Å². The number of ether oxygens (including phenoxy) is 1. The van der Waals surface area contributed by atoms with Crippen molar-refractivity contribution in [1.82, 2.24) is 0 Å². The van der Waals surface area contributed by atoms with Crippen LogP contribution in [-0.2, 0) is 4.74 Å². The van der Waals surface area contributed by atoms with Crippen molar-refractivity contribution in [2.45, 2.75) is 58.0 Å². The summed E-state index contributed by atoms with van der Waals surface area (Å²) in [7, 11) is 0. The zero-order chi connectivity index (χ0) is 9.52. The van der Waals surface area contributed by atoms with Crippen LogP contribution in [-0.4, -0.2) is 18.4 Å². The fourth-order valence-electron chi connectivity index (χ4n) is 1.71. The zero-order valence-corrected chi connectivity index (χ0v) is 8.64. The lowest BCUT2D eigenvalue weighted by Gasteiger charge is -2.22. The second-order valence-corrected chi connectivity index (χ2v) is 3.88. The summed E-state index contributed by atoms with van der Waals surface area (Å²) in [6, 6.07) is 0. The summed E-state index contributed by atoms with van der Waals surface area (Å²) in [4.78, 5) is 0. The van der Waals surface area contributed by atoms with Gasteiger partial charge in [0.15, 0.2) is 0 Å². The molecule has 0 atom stereocenters. The van der Waals surface area contributed by atoms with Crippen molar-refractivity contribution in [3.63, 3.8) is 0 Å². The predicted octanol–water partition coefficient (Wildman–Crippen LogP) is 3.16. The summed E-state index contributed by atoms with van der Waals surface area (Å²) in [6.07, 6.45) is 8.25. The minimum atomic E-state index is 0.450. The highest BCUT2D eigenvalue weighted by atomic mass is 16.5. The average molecular weight is 183 g/mol. The maximum Gasteiger partial charge on any atom is 0.0582 e. The maximum absolute atomic E-state index is 7.47. The Morgan fingerprint density at radius 2 is 2.00 bits per heavy atom. The second kappa shape index (κ2) is 6.14. The van der Waals surface area contributed by atoms with Crippen LogP contribution in [0, 0.1) is 5.41 Å². The summed E-state index contributed by atoms with van der Waals surface area (Å²) >= 11 is 0. The van der Waals surface area contributed by atoms with E-state index in [-0.39, 0.29) is 0 Å². The van der Waals surface area contributed by atoms with Crippen LogP contribution >= 0.6 is 0 Å². The van der Waals surface area contributed by atoms with Crippen molar-refractivity contribution in [1.29, 1.82) is 5.41 Å². The third-order valence-corrected chi connectivity index (χ3v) is 2.64. The van der Waals surface area contributed by atoms with Crippen molar-refractivity contribution < 1.29 is 4.74 Å². The Balaban J connectivity index is 1.99. The van der Waals surface area contributed by atoms with Crippen LogP contribution in [0.25, 0.3) is 0 Å². The van der Waals surface area contributed by atoms with Crippen LogP contribution in [0.1, 0.15) is 51.9 Å². The van der Waals surface area contributed by atoms with Gasteiger partial charge in [-0.15, -0.1) is 0 Å². The Morgan fingerprint density at radius 1 is 1.31 bits per heavy atom. The largest absolute Gasteiger partial charge is 0.378 e. The standard InChI is InChI=1S/C11H21NO/c1-2-3-4-9-13-11-7-5-10(12)6-8-11/h11-12H,2-9H2,1H3. The molecule has 1 aliphatic rings. The number of hydrogen-bond donors (Lipinski definition) is 1. The molecule has 0 unspecified atom stereocenters. The molecule has 1 saturated carbocycles. The average Bonchev–Trinajstić information content (AvgIpc) is 2.15. The van der Waals surface area contributed by atoms with Gasteiger partial charge in [0.05, 0.1) is 6.10 Å². The maximum atomic E-state index is 7.47. The molecule has 76 valence electrons. The predicted molar refractivity (Wildman–Crippen MR) is 55.5 cm³/mol. The summed E-state index contributed by atoms with van der Waals surface area (Å²) < 4.78 is 5.74. The first-order valence-corrected chi connectivity index (χ1v) is 5.51. The number of nitrogens with one attached hydrogen (secondary N) is 1. The van der Waals surface area contributed by atoms with Gasteiger partial charge >= 0.3 is 0 Å². The van der Waals surface area contributed by atoms with Gasteiger partial charge < -0.3 is 10.1 Å². The molecule has 0 heterocycles. The highest BCUT2D eigenvalue weighted by Crippen LogP contribution is 2.18. The Hall–Kier alpha value is -0.370. The fraction of sp³-hybridized carbons (Fsp3) is 0.909. The molecular weight excluding hydrogens is 162 g/mol. The quantitative estimate of drug-likeness (QED) is 0.652. The van der Waals surface area contributed by atoms with E-state index in [4.69, 9.17) is 10.1 Å². The van der Waals surface area contributed by atoms with Crippen LogP contribution in [0.2, 0.25) is 0 Å². The van der Waals surface area contributed by atoms with Gasteiger partial charge in [-0.3, -0.25) is 0 Å². The Bertz CT molecular complexity index is 146. The minimum absolute atomic E-state index is 0.450. The van der Waals surface area contributed by atoms with Crippen molar-refractivity contribution in [2.24, 2.45) is 0 Å². The molecule has 1 rings (SSSR count). The zero-order valence-electron chi connectivity index (χ0n) is 8.64. The molecule has 0 spiro atoms. The van der Waals surface area contributed by atoms with E-state index >= 15 is 0 Å². The van der Waals surface area contributed by atoms with E-state index in [1.807, 2.05) is 0 Å². The topological polar surface area (TPSA) is 33.1 Å². The van der Waals surface area contributed by atoms with Crippen LogP contribution in [0.3, 0.4) is 0 Å². The van der Waals surface area contributed by atoms with Gasteiger partial charge in [0.1, 0.15) is 0 Å². The smallest absolute Gasteiger partial charge is 0.0582 e. The molecule has 0 saturated heterocycles. The summed E-state index contributed by atoms with van der Waals surface area (Å²) in [5, 5.41) is 7.47. The number of rotatable bonds is 5. The van der Waals surface area contributed by atoms with Gasteiger partial charge in [0, 0.05) is 12.3 Å². The van der Waals surface area contributed by atoms with E-state index in [0.717, 1.165) is 38.0 Å². The molecule has 0 amide bonds. The molecule has 0 radical (unpaired) electrons. The van der Waals surface area contributed by atoms with Crippen LogP contribution in [0.5, 0.6) is 0 Å². The Labute approximate surface area is 81.2 Å². The molecule has 2 nitrogen and oxygen atoms in total. The molecule has 0 bridgehead atoms. The molecule has 1 N–H and O–H groups in total. The van der Waals surface area contributed by atoms with E-state index in [9.17, 15) is 0 Å². The number of unbranched alkanes of at least 4 members (excludes halogenated alkanes) is 2. The molecule has 0 aromatic rings. The molecule has 0 aliphatic heterocycles. The third kappa shape index (κ3) is 4.41. The van der Waals surface area contributed by atoms with Crippen molar-refractivity contribution in [2.75, 3.05) is 6.61 Å². The summed E-state index contributed by atoms with van der Waals surface area (Å²) in [5.41, 5.74) is 0.911. The number of hydrogen-bond acceptors (Lipinski definition) is 2. The molecular formula is C11H21NO. The van der Waals surface area contributed by atoms with Crippen molar-refractivity contribution in [3.05, 3.63) is 0 Å². The molecule has 1 aliphatic carbocycles. The summed E-state index contributed by atoms with van der Waals surface area (Å²) in [5.74, 6) is 0. The van der Waals surface area contributed by atoms with Crippen molar-refractivity contribution in [3.8, 4) is 0 Å². The second-order valence-electron chi connectivity index (χ2n) is 3.88. The van der Waals surface area contributed by atoms with Gasteiger partial charge in [0.2, 0.25) is 0 Å². The lowest BCUT2D eigenvalue weighted by Crippen LogP contribution is -2.21. The minimum Gasteiger partial charge on any atom is -0.378 e. The highest BCUT2D eigenvalue weighted by molar-refractivity contribution is 5.81. The highest BCUT2D eigenvalue weighted by Gasteiger charge is 2.16. The first-order chi connectivity index (χ1) is 6.33. The molecule has 0 aromatic carbocycles. The van der Waals surface area contributed by atoms with Gasteiger partial charge in [0.25, 0.3) is 0 Å². The van der Waals surface area contributed by atoms with E-state index in [0.29, 0.717) is 6.10 Å². The third-order valence-electron chi connectivity index (χ3n) is 2.64. The van der Waals surface area contributed by atoms with Gasteiger partial charge in [-0.25, -0.2) is 0 Å². The monoisotopic (exact) mass is 183 g/mol. The van der Waals surface area contributed by atoms with Crippen LogP contribution in [0.15, 0.2) is 0 Å². The molecule has 0 aromatic heterocycles. The van der Waals surface area contributed by atoms with E-state index in [1.54, 1.807) is 0 Å². The SMILES string of the molecule is CCCCCOC1CCC(=N)CC1.